The van der Waals surface area contributed by atoms with E-state index in [0.717, 1.165) is 28.6 Å². The number of benzene rings is 3. The van der Waals surface area contributed by atoms with E-state index in [-0.39, 0.29) is 24.6 Å². The fourth-order valence-electron chi connectivity index (χ4n) is 3.58. The van der Waals surface area contributed by atoms with Gasteiger partial charge in [-0.1, -0.05) is 42.5 Å². The van der Waals surface area contributed by atoms with E-state index in [1.165, 1.54) is 12.1 Å². The summed E-state index contributed by atoms with van der Waals surface area (Å²) in [5.74, 6) is -1.30. The number of carbonyl (C=O) groups is 2. The highest BCUT2D eigenvalue weighted by Gasteiger charge is 2.36. The molecule has 1 atom stereocenters. The summed E-state index contributed by atoms with van der Waals surface area (Å²) in [4.78, 5) is 26.7. The lowest BCUT2D eigenvalue weighted by atomic mass is 10.1. The van der Waals surface area contributed by atoms with Gasteiger partial charge in [0.25, 0.3) is 0 Å². The summed E-state index contributed by atoms with van der Waals surface area (Å²) in [6.07, 6.45) is -4.48. The van der Waals surface area contributed by atoms with Crippen LogP contribution in [0.15, 0.2) is 66.7 Å². The van der Waals surface area contributed by atoms with Gasteiger partial charge in [0, 0.05) is 24.0 Å². The number of hydrogen-bond donors (Lipinski definition) is 1. The van der Waals surface area contributed by atoms with Crippen LogP contribution in [0.5, 0.6) is 0 Å². The van der Waals surface area contributed by atoms with Crippen molar-refractivity contribution in [2.24, 2.45) is 5.92 Å². The van der Waals surface area contributed by atoms with E-state index in [9.17, 15) is 22.8 Å². The van der Waals surface area contributed by atoms with E-state index < -0.39 is 23.6 Å². The molecule has 1 N–H and O–H groups in total. The highest BCUT2D eigenvalue weighted by Crippen LogP contribution is 2.33. The smallest absolute Gasteiger partial charge is 0.326 e. The Kier molecular flexibility index (Phi) is 4.74. The molecule has 1 saturated heterocycles. The van der Waals surface area contributed by atoms with Gasteiger partial charge in [-0.25, -0.2) is 0 Å². The average molecular weight is 398 g/mol. The number of alkyl halides is 3. The van der Waals surface area contributed by atoms with Crippen LogP contribution < -0.4 is 10.2 Å². The van der Waals surface area contributed by atoms with Gasteiger partial charge in [0.15, 0.2) is 0 Å². The number of halogens is 3. The zero-order chi connectivity index (χ0) is 20.6. The van der Waals surface area contributed by atoms with Crippen LogP contribution in [0, 0.1) is 5.92 Å². The topological polar surface area (TPSA) is 49.4 Å². The molecule has 29 heavy (non-hydrogen) atoms. The van der Waals surface area contributed by atoms with Crippen LogP contribution in [-0.4, -0.2) is 18.4 Å². The zero-order valence-electron chi connectivity index (χ0n) is 15.2. The van der Waals surface area contributed by atoms with Crippen molar-refractivity contribution < 1.29 is 22.8 Å². The van der Waals surface area contributed by atoms with Crippen molar-refractivity contribution >= 4 is 34.0 Å². The normalized spacial score (nSPS) is 17.0. The Morgan fingerprint density at radius 1 is 1.00 bits per heavy atom. The van der Waals surface area contributed by atoms with Gasteiger partial charge >= 0.3 is 6.18 Å². The molecule has 1 aliphatic heterocycles. The molecule has 3 aromatic carbocycles. The minimum atomic E-state index is -4.49. The summed E-state index contributed by atoms with van der Waals surface area (Å²) in [6.45, 7) is 0.178. The van der Waals surface area contributed by atoms with Crippen molar-refractivity contribution in [3.8, 4) is 0 Å². The molecule has 0 aliphatic carbocycles. The van der Waals surface area contributed by atoms with Crippen molar-refractivity contribution in [1.29, 1.82) is 0 Å². The molecule has 4 rings (SSSR count). The first-order valence-electron chi connectivity index (χ1n) is 9.09. The number of amides is 2. The van der Waals surface area contributed by atoms with E-state index in [2.05, 4.69) is 5.32 Å². The molecule has 0 bridgehead atoms. The number of fused-ring (bicyclic) bond motifs is 1. The second-order valence-electron chi connectivity index (χ2n) is 6.97. The number of nitrogens with zero attached hydrogens (tertiary/aromatic N) is 1. The molecule has 0 radical (unpaired) electrons. The van der Waals surface area contributed by atoms with Gasteiger partial charge in [0.05, 0.1) is 17.2 Å². The van der Waals surface area contributed by atoms with E-state index in [0.29, 0.717) is 0 Å². The molecule has 1 aliphatic rings. The maximum Gasteiger partial charge on any atom is 0.416 e. The molecule has 4 nitrogen and oxygen atoms in total. The maximum atomic E-state index is 12.9. The summed E-state index contributed by atoms with van der Waals surface area (Å²) in [5, 5.41) is 4.39. The van der Waals surface area contributed by atoms with E-state index in [1.54, 1.807) is 4.90 Å². The molecule has 0 saturated carbocycles. The Hall–Kier alpha value is -3.35. The summed E-state index contributed by atoms with van der Waals surface area (Å²) in [7, 11) is 0. The predicted octanol–water partition coefficient (Wildman–Crippen LogP) is 4.85. The van der Waals surface area contributed by atoms with Gasteiger partial charge in [-0.2, -0.15) is 13.2 Å². The molecular formula is C22H17F3N2O2. The number of carbonyl (C=O) groups excluding carboxylic acids is 2. The van der Waals surface area contributed by atoms with Crippen molar-refractivity contribution in [2.45, 2.75) is 12.6 Å². The van der Waals surface area contributed by atoms with Crippen LogP contribution in [0.1, 0.15) is 12.0 Å². The Morgan fingerprint density at radius 2 is 1.72 bits per heavy atom. The summed E-state index contributed by atoms with van der Waals surface area (Å²) >= 11 is 0. The van der Waals surface area contributed by atoms with Crippen LogP contribution in [0.2, 0.25) is 0 Å². The fourth-order valence-corrected chi connectivity index (χ4v) is 3.58. The predicted molar refractivity (Wildman–Crippen MR) is 104 cm³/mol. The molecule has 3 aromatic rings. The lowest BCUT2D eigenvalue weighted by Crippen LogP contribution is -2.28. The van der Waals surface area contributed by atoms with Crippen LogP contribution in [0.3, 0.4) is 0 Å². The van der Waals surface area contributed by atoms with Crippen LogP contribution >= 0.6 is 0 Å². The first kappa shape index (κ1) is 19.0. The Bertz CT molecular complexity index is 1090. The van der Waals surface area contributed by atoms with E-state index >= 15 is 0 Å². The third-order valence-corrected chi connectivity index (χ3v) is 5.01. The Labute approximate surface area is 164 Å². The number of rotatable bonds is 3. The van der Waals surface area contributed by atoms with E-state index in [1.807, 2.05) is 42.5 Å². The van der Waals surface area contributed by atoms with Crippen LogP contribution in [0.25, 0.3) is 10.8 Å². The Morgan fingerprint density at radius 3 is 2.52 bits per heavy atom. The molecule has 7 heteroatoms. The van der Waals surface area contributed by atoms with Gasteiger partial charge < -0.3 is 10.2 Å². The van der Waals surface area contributed by atoms with Crippen molar-refractivity contribution in [1.82, 2.24) is 0 Å². The first-order valence-corrected chi connectivity index (χ1v) is 9.09. The van der Waals surface area contributed by atoms with Crippen LogP contribution in [-0.2, 0) is 15.8 Å². The zero-order valence-corrected chi connectivity index (χ0v) is 15.2. The largest absolute Gasteiger partial charge is 0.416 e. The summed E-state index contributed by atoms with van der Waals surface area (Å²) in [6, 6.07) is 17.7. The van der Waals surface area contributed by atoms with Crippen LogP contribution in [0.4, 0.5) is 24.5 Å². The fraction of sp³-hybridized carbons (Fsp3) is 0.182. The second-order valence-corrected chi connectivity index (χ2v) is 6.97. The minimum absolute atomic E-state index is 0.00795. The standard InChI is InChI=1S/C22H17F3N2O2/c23-22(24,25)16-7-4-8-17(12-16)26-21(29)15-11-20(28)27(13-15)19-10-3-6-14-5-1-2-9-18(14)19/h1-10,12,15H,11,13H2,(H,26,29). The summed E-state index contributed by atoms with van der Waals surface area (Å²) < 4.78 is 38.6. The molecule has 1 unspecified atom stereocenters. The van der Waals surface area contributed by atoms with Gasteiger partial charge in [-0.3, -0.25) is 9.59 Å². The SMILES string of the molecule is O=C(Nc1cccc(C(F)(F)F)c1)C1CC(=O)N(c2cccc3ccccc23)C1. The lowest BCUT2D eigenvalue weighted by molar-refractivity contribution is -0.137. The molecule has 1 fully saturated rings. The summed E-state index contributed by atoms with van der Waals surface area (Å²) in [5.41, 5.74) is -0.0569. The quantitative estimate of drug-likeness (QED) is 0.686. The molecular weight excluding hydrogens is 381 g/mol. The molecule has 1 heterocycles. The maximum absolute atomic E-state index is 12.9. The number of nitrogens with one attached hydrogen (secondary N) is 1. The van der Waals surface area contributed by atoms with Gasteiger partial charge in [0.1, 0.15) is 0 Å². The first-order chi connectivity index (χ1) is 13.8. The van der Waals surface area contributed by atoms with Crippen molar-refractivity contribution in [2.75, 3.05) is 16.8 Å². The van der Waals surface area contributed by atoms with Crippen molar-refractivity contribution in [3.05, 3.63) is 72.3 Å². The highest BCUT2D eigenvalue weighted by molar-refractivity contribution is 6.08. The monoisotopic (exact) mass is 398 g/mol. The second kappa shape index (κ2) is 7.24. The number of hydrogen-bond acceptors (Lipinski definition) is 2. The minimum Gasteiger partial charge on any atom is -0.326 e. The molecule has 0 aromatic heterocycles. The third-order valence-electron chi connectivity index (χ3n) is 5.01. The molecule has 0 spiro atoms. The lowest BCUT2D eigenvalue weighted by Gasteiger charge is -2.19. The third kappa shape index (κ3) is 3.81. The number of anilines is 2. The molecule has 2 amide bonds. The van der Waals surface area contributed by atoms with Crippen molar-refractivity contribution in [3.63, 3.8) is 0 Å². The molecule has 148 valence electrons. The van der Waals surface area contributed by atoms with Gasteiger partial charge in [0.2, 0.25) is 11.8 Å². The van der Waals surface area contributed by atoms with Gasteiger partial charge in [-0.05, 0) is 29.7 Å². The highest BCUT2D eigenvalue weighted by atomic mass is 19.4. The van der Waals surface area contributed by atoms with Gasteiger partial charge in [-0.15, -0.1) is 0 Å². The van der Waals surface area contributed by atoms with E-state index in [4.69, 9.17) is 0 Å². The average Bonchev–Trinajstić information content (AvgIpc) is 3.09. The Balaban J connectivity index is 1.53.